The molecule has 0 aliphatic rings. The summed E-state index contributed by atoms with van der Waals surface area (Å²) >= 11 is 0. The van der Waals surface area contributed by atoms with Gasteiger partial charge in [0.2, 0.25) is 5.91 Å². The summed E-state index contributed by atoms with van der Waals surface area (Å²) in [5.41, 5.74) is 0. The van der Waals surface area contributed by atoms with Gasteiger partial charge in [0.25, 0.3) is 0 Å². The van der Waals surface area contributed by atoms with Crippen molar-refractivity contribution in [2.45, 2.75) is 225 Å². The van der Waals surface area contributed by atoms with Crippen LogP contribution in [-0.4, -0.2) is 47.4 Å². The number of aliphatic hydroxyl groups excluding tert-OH is 2. The molecule has 0 aromatic rings. The first-order valence-corrected chi connectivity index (χ1v) is 21.8. The van der Waals surface area contributed by atoms with Gasteiger partial charge in [-0.05, 0) is 64.2 Å². The molecule has 3 N–H and O–H groups in total. The average molecular weight is 718 g/mol. The molecule has 0 heterocycles. The van der Waals surface area contributed by atoms with Gasteiger partial charge in [-0.25, -0.2) is 0 Å². The molecule has 2 atom stereocenters. The Balaban J connectivity index is 3.52. The standard InChI is InChI=1S/C45H83NO5/c1-3-5-7-9-11-13-14-15-16-17-18-23-27-31-35-39-45(50)51-40-36-32-28-24-20-19-22-26-30-34-38-44(49)46-42(41-47)43(48)37-33-29-25-21-12-10-8-6-4-2/h11,13,15-16,33,37,42-43,47-48H,3-10,12,14,17-32,34-36,38-41H2,1-2H3,(H,46,49)/b13-11-,16-15-,37-33+. The number of hydrogen-bond donors (Lipinski definition) is 3. The molecule has 0 rings (SSSR count). The summed E-state index contributed by atoms with van der Waals surface area (Å²) < 4.78 is 5.43. The number of rotatable bonds is 39. The fourth-order valence-corrected chi connectivity index (χ4v) is 6.25. The van der Waals surface area contributed by atoms with E-state index < -0.39 is 12.1 Å². The molecule has 0 saturated heterocycles. The van der Waals surface area contributed by atoms with Crippen molar-refractivity contribution in [3.05, 3.63) is 36.5 Å². The highest BCUT2D eigenvalue weighted by molar-refractivity contribution is 5.76. The van der Waals surface area contributed by atoms with Crippen LogP contribution in [0.25, 0.3) is 0 Å². The zero-order chi connectivity index (χ0) is 37.3. The quantitative estimate of drug-likeness (QED) is 0.0334. The lowest BCUT2D eigenvalue weighted by molar-refractivity contribution is -0.143. The molecule has 6 nitrogen and oxygen atoms in total. The van der Waals surface area contributed by atoms with Gasteiger partial charge in [-0.15, -0.1) is 0 Å². The Labute approximate surface area is 315 Å². The van der Waals surface area contributed by atoms with E-state index in [0.717, 1.165) is 70.6 Å². The van der Waals surface area contributed by atoms with Gasteiger partial charge in [-0.3, -0.25) is 9.59 Å². The fraction of sp³-hybridized carbons (Fsp3) is 0.822. The number of nitrogens with one attached hydrogen (secondary N) is 1. The number of hydrogen-bond acceptors (Lipinski definition) is 5. The van der Waals surface area contributed by atoms with Crippen LogP contribution in [0.2, 0.25) is 0 Å². The van der Waals surface area contributed by atoms with E-state index in [9.17, 15) is 19.8 Å². The van der Waals surface area contributed by atoms with E-state index in [2.05, 4.69) is 43.5 Å². The Morgan fingerprint density at radius 3 is 1.53 bits per heavy atom. The summed E-state index contributed by atoms with van der Waals surface area (Å²) in [6, 6.07) is -0.643. The second-order valence-corrected chi connectivity index (χ2v) is 14.7. The summed E-state index contributed by atoms with van der Waals surface area (Å²) in [5, 5.41) is 22.8. The largest absolute Gasteiger partial charge is 0.466 e. The smallest absolute Gasteiger partial charge is 0.305 e. The molecule has 0 saturated carbocycles. The minimum absolute atomic E-state index is 0.0366. The molecule has 0 spiro atoms. The average Bonchev–Trinajstić information content (AvgIpc) is 3.13. The monoisotopic (exact) mass is 718 g/mol. The first kappa shape index (κ1) is 49.1. The highest BCUT2D eigenvalue weighted by Gasteiger charge is 2.18. The first-order valence-electron chi connectivity index (χ1n) is 21.8. The van der Waals surface area contributed by atoms with Crippen molar-refractivity contribution in [1.82, 2.24) is 5.32 Å². The molecule has 0 bridgehead atoms. The molecule has 1 amide bonds. The molecule has 0 aromatic heterocycles. The second-order valence-electron chi connectivity index (χ2n) is 14.7. The van der Waals surface area contributed by atoms with E-state index >= 15 is 0 Å². The number of allylic oxidation sites excluding steroid dienone is 5. The Kier molecular flexibility index (Phi) is 39.3. The lowest BCUT2D eigenvalue weighted by atomic mass is 10.1. The van der Waals surface area contributed by atoms with Gasteiger partial charge >= 0.3 is 5.97 Å². The molecular formula is C45H83NO5. The van der Waals surface area contributed by atoms with E-state index in [1.165, 1.54) is 116 Å². The lowest BCUT2D eigenvalue weighted by Crippen LogP contribution is -2.45. The van der Waals surface area contributed by atoms with Gasteiger partial charge in [-0.2, -0.15) is 0 Å². The van der Waals surface area contributed by atoms with Crippen molar-refractivity contribution < 1.29 is 24.5 Å². The third-order valence-electron chi connectivity index (χ3n) is 9.66. The van der Waals surface area contributed by atoms with Crippen LogP contribution in [0.5, 0.6) is 0 Å². The number of esters is 1. The topological polar surface area (TPSA) is 95.9 Å². The van der Waals surface area contributed by atoms with Crippen LogP contribution in [0.3, 0.4) is 0 Å². The summed E-state index contributed by atoms with van der Waals surface area (Å²) in [6.07, 6.45) is 47.0. The Bertz CT molecular complexity index is 838. The van der Waals surface area contributed by atoms with Crippen LogP contribution in [0.15, 0.2) is 36.5 Å². The predicted octanol–water partition coefficient (Wildman–Crippen LogP) is 12.2. The lowest BCUT2D eigenvalue weighted by Gasteiger charge is -2.20. The first-order chi connectivity index (χ1) is 25.0. The minimum Gasteiger partial charge on any atom is -0.466 e. The third kappa shape index (κ3) is 37.6. The van der Waals surface area contributed by atoms with Crippen molar-refractivity contribution in [1.29, 1.82) is 0 Å². The van der Waals surface area contributed by atoms with Crippen molar-refractivity contribution in [3.63, 3.8) is 0 Å². The molecule has 0 radical (unpaired) electrons. The molecule has 0 aliphatic carbocycles. The summed E-state index contributed by atoms with van der Waals surface area (Å²) in [5.74, 6) is -0.133. The molecular weight excluding hydrogens is 634 g/mol. The molecule has 0 aromatic carbocycles. The van der Waals surface area contributed by atoms with Gasteiger partial charge in [0, 0.05) is 12.8 Å². The Hall–Kier alpha value is -1.92. The summed E-state index contributed by atoms with van der Waals surface area (Å²) in [7, 11) is 0. The van der Waals surface area contributed by atoms with Crippen molar-refractivity contribution in [2.75, 3.05) is 13.2 Å². The van der Waals surface area contributed by atoms with Gasteiger partial charge in [-0.1, -0.05) is 172 Å². The highest BCUT2D eigenvalue weighted by Crippen LogP contribution is 2.13. The maximum Gasteiger partial charge on any atom is 0.305 e. The zero-order valence-corrected chi connectivity index (χ0v) is 33.6. The van der Waals surface area contributed by atoms with Crippen molar-refractivity contribution in [3.8, 4) is 0 Å². The number of carbonyl (C=O) groups is 2. The molecule has 51 heavy (non-hydrogen) atoms. The Morgan fingerprint density at radius 1 is 0.549 bits per heavy atom. The number of amides is 1. The summed E-state index contributed by atoms with van der Waals surface area (Å²) in [4.78, 5) is 24.3. The number of carbonyl (C=O) groups excluding carboxylic acids is 2. The molecule has 298 valence electrons. The molecule has 6 heteroatoms. The van der Waals surface area contributed by atoms with Gasteiger partial charge in [0.15, 0.2) is 0 Å². The molecule has 0 aliphatic heterocycles. The fourth-order valence-electron chi connectivity index (χ4n) is 6.25. The van der Waals surface area contributed by atoms with Crippen LogP contribution < -0.4 is 5.32 Å². The second kappa shape index (κ2) is 40.8. The van der Waals surface area contributed by atoms with Crippen LogP contribution in [0.1, 0.15) is 213 Å². The van der Waals surface area contributed by atoms with E-state index in [1.54, 1.807) is 6.08 Å². The minimum atomic E-state index is -0.857. The zero-order valence-electron chi connectivity index (χ0n) is 33.6. The van der Waals surface area contributed by atoms with Gasteiger partial charge in [0.05, 0.1) is 25.4 Å². The molecule has 2 unspecified atom stereocenters. The summed E-state index contributed by atoms with van der Waals surface area (Å²) in [6.45, 7) is 4.76. The van der Waals surface area contributed by atoms with Gasteiger partial charge in [0.1, 0.15) is 0 Å². The van der Waals surface area contributed by atoms with E-state index in [4.69, 9.17) is 4.74 Å². The van der Waals surface area contributed by atoms with E-state index in [0.29, 0.717) is 19.4 Å². The number of ether oxygens (including phenoxy) is 1. The maximum atomic E-state index is 12.3. The van der Waals surface area contributed by atoms with Gasteiger partial charge < -0.3 is 20.3 Å². The van der Waals surface area contributed by atoms with Crippen molar-refractivity contribution in [2.24, 2.45) is 0 Å². The van der Waals surface area contributed by atoms with E-state index in [1.807, 2.05) is 6.08 Å². The number of unbranched alkanes of at least 4 members (excludes halogenated alkanes) is 24. The van der Waals surface area contributed by atoms with Crippen molar-refractivity contribution >= 4 is 11.9 Å². The van der Waals surface area contributed by atoms with Crippen LogP contribution in [-0.2, 0) is 14.3 Å². The number of aliphatic hydroxyl groups is 2. The predicted molar refractivity (Wildman–Crippen MR) is 218 cm³/mol. The normalized spacial score (nSPS) is 13.1. The third-order valence-corrected chi connectivity index (χ3v) is 9.66. The molecule has 0 fully saturated rings. The van der Waals surface area contributed by atoms with Crippen LogP contribution in [0.4, 0.5) is 0 Å². The maximum absolute atomic E-state index is 12.3. The van der Waals surface area contributed by atoms with Crippen LogP contribution >= 0.6 is 0 Å². The SMILES string of the molecule is CCCCC/C=C\C/C=C\CCCCCCCC(=O)OCCCCCCCCCCCCC(=O)NC(CO)C(O)/C=C/CCCCCCCCC. The highest BCUT2D eigenvalue weighted by atomic mass is 16.5. The Morgan fingerprint density at radius 2 is 0.980 bits per heavy atom. The van der Waals surface area contributed by atoms with Crippen LogP contribution in [0, 0.1) is 0 Å². The van der Waals surface area contributed by atoms with E-state index in [-0.39, 0.29) is 18.5 Å².